The van der Waals surface area contributed by atoms with Gasteiger partial charge in [0.1, 0.15) is 5.60 Å². The van der Waals surface area contributed by atoms with E-state index in [1.54, 1.807) is 17.5 Å². The molecule has 148 valence electrons. The van der Waals surface area contributed by atoms with Crippen molar-refractivity contribution in [2.24, 2.45) is 4.99 Å². The summed E-state index contributed by atoms with van der Waals surface area (Å²) in [6, 6.07) is 14.2. The molecule has 3 rings (SSSR count). The molecule has 1 aromatic carbocycles. The zero-order chi connectivity index (χ0) is 19.8. The second kappa shape index (κ2) is 9.52. The number of rotatable bonds is 8. The Morgan fingerprint density at radius 1 is 1.21 bits per heavy atom. The maximum Gasteiger partial charge on any atom is 0.191 e. The van der Waals surface area contributed by atoms with Crippen molar-refractivity contribution >= 4 is 17.3 Å². The molecule has 0 aliphatic carbocycles. The van der Waals surface area contributed by atoms with Crippen LogP contribution in [0.1, 0.15) is 29.9 Å². The molecule has 7 heteroatoms. The minimum Gasteiger partial charge on any atom is -0.383 e. The first kappa shape index (κ1) is 20.1. The van der Waals surface area contributed by atoms with Crippen LogP contribution in [0.2, 0.25) is 0 Å². The summed E-state index contributed by atoms with van der Waals surface area (Å²) in [5, 5.41) is 23.4. The lowest BCUT2D eigenvalue weighted by Crippen LogP contribution is -2.44. The highest BCUT2D eigenvalue weighted by atomic mass is 32.1. The van der Waals surface area contributed by atoms with Gasteiger partial charge >= 0.3 is 0 Å². The van der Waals surface area contributed by atoms with Crippen LogP contribution in [0.15, 0.2) is 65.2 Å². The summed E-state index contributed by atoms with van der Waals surface area (Å²) < 4.78 is 1.90. The van der Waals surface area contributed by atoms with Crippen molar-refractivity contribution in [3.63, 3.8) is 0 Å². The van der Waals surface area contributed by atoms with Gasteiger partial charge in [0.25, 0.3) is 0 Å². The Kier molecular flexibility index (Phi) is 6.84. The maximum atomic E-state index is 10.7. The van der Waals surface area contributed by atoms with E-state index in [-0.39, 0.29) is 0 Å². The van der Waals surface area contributed by atoms with E-state index in [0.717, 1.165) is 23.5 Å². The van der Waals surface area contributed by atoms with Gasteiger partial charge in [-0.15, -0.1) is 11.3 Å². The van der Waals surface area contributed by atoms with Crippen molar-refractivity contribution < 1.29 is 5.11 Å². The van der Waals surface area contributed by atoms with Gasteiger partial charge in [0.2, 0.25) is 0 Å². The van der Waals surface area contributed by atoms with E-state index in [2.05, 4.69) is 38.9 Å². The molecule has 2 heterocycles. The number of benzene rings is 1. The Morgan fingerprint density at radius 3 is 2.79 bits per heavy atom. The van der Waals surface area contributed by atoms with Crippen LogP contribution in [0.5, 0.6) is 0 Å². The fourth-order valence-corrected chi connectivity index (χ4v) is 3.63. The van der Waals surface area contributed by atoms with E-state index in [0.29, 0.717) is 19.0 Å². The predicted octanol–water partition coefficient (Wildman–Crippen LogP) is 2.96. The van der Waals surface area contributed by atoms with Gasteiger partial charge in [-0.05, 0) is 42.5 Å². The highest BCUT2D eigenvalue weighted by Crippen LogP contribution is 2.24. The highest BCUT2D eigenvalue weighted by molar-refractivity contribution is 7.10. The third-order valence-electron chi connectivity index (χ3n) is 4.31. The third kappa shape index (κ3) is 5.68. The normalized spacial score (nSPS) is 13.9. The molecule has 6 nitrogen and oxygen atoms in total. The van der Waals surface area contributed by atoms with E-state index in [9.17, 15) is 5.11 Å². The van der Waals surface area contributed by atoms with E-state index in [1.165, 1.54) is 5.56 Å². The van der Waals surface area contributed by atoms with Crippen LogP contribution in [0.25, 0.3) is 0 Å². The molecule has 0 spiro atoms. The van der Waals surface area contributed by atoms with Gasteiger partial charge in [-0.25, -0.2) is 4.99 Å². The van der Waals surface area contributed by atoms with Gasteiger partial charge in [0, 0.05) is 23.8 Å². The quantitative estimate of drug-likeness (QED) is 0.404. The van der Waals surface area contributed by atoms with E-state index >= 15 is 0 Å². The van der Waals surface area contributed by atoms with Gasteiger partial charge in [-0.1, -0.05) is 30.3 Å². The monoisotopic (exact) mass is 397 g/mol. The molecule has 0 bridgehead atoms. The summed E-state index contributed by atoms with van der Waals surface area (Å²) in [4.78, 5) is 5.60. The molecule has 3 aromatic rings. The largest absolute Gasteiger partial charge is 0.383 e. The van der Waals surface area contributed by atoms with Crippen LogP contribution in [0.3, 0.4) is 0 Å². The average Bonchev–Trinajstić information content (AvgIpc) is 3.39. The van der Waals surface area contributed by atoms with Gasteiger partial charge in [0.05, 0.1) is 19.6 Å². The minimum atomic E-state index is -0.936. The zero-order valence-corrected chi connectivity index (χ0v) is 17.1. The lowest BCUT2D eigenvalue weighted by atomic mass is 10.1. The van der Waals surface area contributed by atoms with E-state index in [1.807, 2.05) is 54.4 Å². The third-order valence-corrected chi connectivity index (χ3v) is 5.43. The maximum absolute atomic E-state index is 10.7. The van der Waals surface area contributed by atoms with Crippen LogP contribution in [0, 0.1) is 0 Å². The molecule has 0 aliphatic heterocycles. The Morgan fingerprint density at radius 2 is 2.07 bits per heavy atom. The molecule has 3 N–H and O–H groups in total. The molecule has 0 radical (unpaired) electrons. The summed E-state index contributed by atoms with van der Waals surface area (Å²) in [5.41, 5.74) is 1.38. The predicted molar refractivity (Wildman–Crippen MR) is 114 cm³/mol. The van der Waals surface area contributed by atoms with Crippen molar-refractivity contribution in [1.29, 1.82) is 0 Å². The Balaban J connectivity index is 1.62. The number of aliphatic imine (C=N–C) groups is 1. The summed E-state index contributed by atoms with van der Waals surface area (Å²) in [6.45, 7) is 6.29. The number of aliphatic hydroxyl groups is 1. The fraction of sp³-hybridized carbons (Fsp3) is 0.333. The first-order chi connectivity index (χ1) is 13.6. The summed E-state index contributed by atoms with van der Waals surface area (Å²) in [7, 11) is 0. The lowest BCUT2D eigenvalue weighted by molar-refractivity contribution is 0.0655. The van der Waals surface area contributed by atoms with Crippen LogP contribution in [0.4, 0.5) is 0 Å². The Hall–Kier alpha value is -2.64. The second-order valence-electron chi connectivity index (χ2n) is 6.82. The Bertz CT molecular complexity index is 872. The molecule has 0 amide bonds. The van der Waals surface area contributed by atoms with Gasteiger partial charge in [-0.2, -0.15) is 5.10 Å². The van der Waals surface area contributed by atoms with Gasteiger partial charge < -0.3 is 15.7 Å². The number of nitrogens with zero attached hydrogens (tertiary/aromatic N) is 3. The molecule has 0 fully saturated rings. The van der Waals surface area contributed by atoms with Crippen molar-refractivity contribution in [3.05, 3.63) is 76.2 Å². The van der Waals surface area contributed by atoms with E-state index in [4.69, 9.17) is 0 Å². The number of guanidine groups is 1. The fourth-order valence-electron chi connectivity index (χ4n) is 2.85. The van der Waals surface area contributed by atoms with Crippen molar-refractivity contribution in [3.8, 4) is 0 Å². The number of aromatic nitrogens is 2. The standard InChI is InChI=1S/C21H27N5OS/c1-3-22-20(24-16-21(2,27)19-9-5-12-28-19)23-14-17-7-4-8-18(13-17)15-26-11-6-10-25-26/h4-13,27H,3,14-16H2,1-2H3,(H2,22,23,24). The number of hydrogen-bond donors (Lipinski definition) is 3. The minimum absolute atomic E-state index is 0.388. The van der Waals surface area contributed by atoms with Crippen molar-refractivity contribution in [2.45, 2.75) is 32.5 Å². The molecule has 0 saturated heterocycles. The zero-order valence-electron chi connectivity index (χ0n) is 16.3. The van der Waals surface area contributed by atoms with Crippen LogP contribution >= 0.6 is 11.3 Å². The molecule has 2 aromatic heterocycles. The molecule has 0 aliphatic rings. The van der Waals surface area contributed by atoms with Crippen LogP contribution in [-0.2, 0) is 18.7 Å². The summed E-state index contributed by atoms with van der Waals surface area (Å²) >= 11 is 1.55. The molecular formula is C21H27N5OS. The Labute approximate surface area is 170 Å². The van der Waals surface area contributed by atoms with Crippen molar-refractivity contribution in [1.82, 2.24) is 20.4 Å². The van der Waals surface area contributed by atoms with E-state index < -0.39 is 5.60 Å². The average molecular weight is 398 g/mol. The lowest BCUT2D eigenvalue weighted by Gasteiger charge is -2.23. The van der Waals surface area contributed by atoms with Crippen molar-refractivity contribution in [2.75, 3.05) is 13.1 Å². The number of hydrogen-bond acceptors (Lipinski definition) is 4. The molecule has 28 heavy (non-hydrogen) atoms. The van der Waals surface area contributed by atoms with Crippen LogP contribution < -0.4 is 10.6 Å². The highest BCUT2D eigenvalue weighted by Gasteiger charge is 2.24. The SMILES string of the molecule is CCNC(=NCc1cccc(Cn2cccn2)c1)NCC(C)(O)c1cccs1. The summed E-state index contributed by atoms with van der Waals surface area (Å²) in [5.74, 6) is 0.691. The summed E-state index contributed by atoms with van der Waals surface area (Å²) in [6.07, 6.45) is 3.74. The van der Waals surface area contributed by atoms with Crippen LogP contribution in [-0.4, -0.2) is 33.9 Å². The molecule has 1 unspecified atom stereocenters. The number of thiophene rings is 1. The number of nitrogens with one attached hydrogen (secondary N) is 2. The molecular weight excluding hydrogens is 370 g/mol. The first-order valence-corrected chi connectivity index (χ1v) is 10.3. The topological polar surface area (TPSA) is 74.5 Å². The van der Waals surface area contributed by atoms with Gasteiger partial charge in [-0.3, -0.25) is 4.68 Å². The second-order valence-corrected chi connectivity index (χ2v) is 7.77. The smallest absolute Gasteiger partial charge is 0.191 e. The van der Waals surface area contributed by atoms with Gasteiger partial charge in [0.15, 0.2) is 5.96 Å². The molecule has 0 saturated carbocycles. The first-order valence-electron chi connectivity index (χ1n) is 9.40. The molecule has 1 atom stereocenters.